The second-order valence-electron chi connectivity index (χ2n) is 4.21. The first-order valence-electron chi connectivity index (χ1n) is 5.61. The number of fused-ring (bicyclic) bond motifs is 1. The van der Waals surface area contributed by atoms with Crippen molar-refractivity contribution in [2.75, 3.05) is 0 Å². The van der Waals surface area contributed by atoms with E-state index in [9.17, 15) is 0 Å². The fourth-order valence-corrected chi connectivity index (χ4v) is 1.97. The molecule has 3 rings (SSSR count). The van der Waals surface area contributed by atoms with Crippen LogP contribution in [0, 0.1) is 6.92 Å². The van der Waals surface area contributed by atoms with Gasteiger partial charge in [0.2, 0.25) is 5.28 Å². The normalized spacial score (nSPS) is 11.0. The Morgan fingerprint density at radius 3 is 2.72 bits per heavy atom. The van der Waals surface area contributed by atoms with E-state index < -0.39 is 0 Å². The Morgan fingerprint density at radius 1 is 1.17 bits per heavy atom. The molecule has 4 nitrogen and oxygen atoms in total. The van der Waals surface area contributed by atoms with Crippen LogP contribution in [0.4, 0.5) is 0 Å². The van der Waals surface area contributed by atoms with Gasteiger partial charge in [-0.25, -0.2) is 9.97 Å². The van der Waals surface area contributed by atoms with Crippen LogP contribution in [0.2, 0.25) is 5.28 Å². The average Bonchev–Trinajstić information content (AvgIpc) is 2.75. The van der Waals surface area contributed by atoms with Gasteiger partial charge in [0.1, 0.15) is 5.52 Å². The Labute approximate surface area is 109 Å². The highest BCUT2D eigenvalue weighted by atomic mass is 35.5. The van der Waals surface area contributed by atoms with E-state index in [0.717, 1.165) is 17.7 Å². The van der Waals surface area contributed by atoms with Crippen LogP contribution in [-0.2, 0) is 6.54 Å². The van der Waals surface area contributed by atoms with Gasteiger partial charge in [-0.15, -0.1) is 0 Å². The molecule has 0 spiro atoms. The summed E-state index contributed by atoms with van der Waals surface area (Å²) in [6.45, 7) is 2.80. The van der Waals surface area contributed by atoms with Crippen molar-refractivity contribution in [3.8, 4) is 0 Å². The zero-order valence-electron chi connectivity index (χ0n) is 9.84. The Morgan fingerprint density at radius 2 is 1.94 bits per heavy atom. The second-order valence-corrected chi connectivity index (χ2v) is 4.54. The Kier molecular flexibility index (Phi) is 2.72. The molecule has 0 fully saturated rings. The Bertz CT molecular complexity index is 688. The summed E-state index contributed by atoms with van der Waals surface area (Å²) in [5, 5.41) is 0.244. The molecule has 0 amide bonds. The van der Waals surface area contributed by atoms with Gasteiger partial charge in [0.15, 0.2) is 5.65 Å². The third kappa shape index (κ3) is 2.07. The summed E-state index contributed by atoms with van der Waals surface area (Å²) in [6.07, 6.45) is 3.39. The number of halogens is 1. The monoisotopic (exact) mass is 258 g/mol. The molecular weight excluding hydrogens is 248 g/mol. The van der Waals surface area contributed by atoms with Gasteiger partial charge in [-0.3, -0.25) is 0 Å². The molecule has 0 aliphatic heterocycles. The summed E-state index contributed by atoms with van der Waals surface area (Å²) in [5.41, 5.74) is 3.97. The van der Waals surface area contributed by atoms with E-state index in [-0.39, 0.29) is 5.28 Å². The minimum Gasteiger partial charge on any atom is -0.311 e. The molecule has 0 bridgehead atoms. The van der Waals surface area contributed by atoms with E-state index in [2.05, 4.69) is 46.1 Å². The maximum absolute atomic E-state index is 5.81. The van der Waals surface area contributed by atoms with Crippen LogP contribution >= 0.6 is 11.6 Å². The Balaban J connectivity index is 1.99. The molecule has 3 aromatic rings. The van der Waals surface area contributed by atoms with E-state index in [1.807, 2.05) is 4.57 Å². The minimum absolute atomic E-state index is 0.244. The lowest BCUT2D eigenvalue weighted by Crippen LogP contribution is -1.99. The summed E-state index contributed by atoms with van der Waals surface area (Å²) in [6, 6.07) is 8.39. The van der Waals surface area contributed by atoms with E-state index in [1.165, 1.54) is 11.1 Å². The van der Waals surface area contributed by atoms with Crippen LogP contribution in [0.3, 0.4) is 0 Å². The number of imidazole rings is 1. The van der Waals surface area contributed by atoms with Crippen molar-refractivity contribution in [3.05, 3.63) is 53.2 Å². The zero-order valence-corrected chi connectivity index (χ0v) is 10.6. The predicted octanol–water partition coefficient (Wildman–Crippen LogP) is 2.84. The highest BCUT2D eigenvalue weighted by Crippen LogP contribution is 2.13. The molecule has 0 atom stereocenters. The van der Waals surface area contributed by atoms with Gasteiger partial charge < -0.3 is 4.57 Å². The number of aryl methyl sites for hydroxylation is 1. The van der Waals surface area contributed by atoms with Crippen molar-refractivity contribution < 1.29 is 0 Å². The first-order chi connectivity index (χ1) is 8.72. The average molecular weight is 259 g/mol. The number of rotatable bonds is 2. The number of nitrogens with zero attached hydrogens (tertiary/aromatic N) is 4. The molecule has 18 heavy (non-hydrogen) atoms. The molecule has 5 heteroatoms. The summed E-state index contributed by atoms with van der Waals surface area (Å²) in [4.78, 5) is 12.4. The van der Waals surface area contributed by atoms with Gasteiger partial charge in [-0.1, -0.05) is 29.8 Å². The zero-order chi connectivity index (χ0) is 12.5. The lowest BCUT2D eigenvalue weighted by atomic mass is 10.1. The van der Waals surface area contributed by atoms with E-state index in [1.54, 1.807) is 12.5 Å². The van der Waals surface area contributed by atoms with Crippen molar-refractivity contribution in [1.29, 1.82) is 0 Å². The van der Waals surface area contributed by atoms with Crippen molar-refractivity contribution in [3.63, 3.8) is 0 Å². The highest BCUT2D eigenvalue weighted by molar-refractivity contribution is 6.28. The van der Waals surface area contributed by atoms with Gasteiger partial charge in [-0.05, 0) is 24.1 Å². The molecule has 90 valence electrons. The number of benzene rings is 1. The summed E-state index contributed by atoms with van der Waals surface area (Å²) >= 11 is 5.81. The third-order valence-corrected chi connectivity index (χ3v) is 2.98. The second kappa shape index (κ2) is 4.38. The summed E-state index contributed by atoms with van der Waals surface area (Å²) in [5.74, 6) is 0. The smallest absolute Gasteiger partial charge is 0.224 e. The van der Waals surface area contributed by atoms with Gasteiger partial charge >= 0.3 is 0 Å². The molecule has 0 unspecified atom stereocenters. The Hall–Kier alpha value is -1.94. The molecule has 0 N–H and O–H groups in total. The van der Waals surface area contributed by atoms with Crippen LogP contribution in [0.15, 0.2) is 36.8 Å². The highest BCUT2D eigenvalue weighted by Gasteiger charge is 2.06. The SMILES string of the molecule is Cc1ccc(Cn2cnc3cnc(Cl)nc32)cc1. The van der Waals surface area contributed by atoms with E-state index in [0.29, 0.717) is 0 Å². The maximum Gasteiger partial charge on any atom is 0.224 e. The summed E-state index contributed by atoms with van der Waals surface area (Å²) in [7, 11) is 0. The first kappa shape index (κ1) is 11.2. The van der Waals surface area contributed by atoms with Crippen molar-refractivity contribution in [2.45, 2.75) is 13.5 Å². The van der Waals surface area contributed by atoms with E-state index >= 15 is 0 Å². The lowest BCUT2D eigenvalue weighted by molar-refractivity contribution is 0.813. The molecule has 0 saturated carbocycles. The van der Waals surface area contributed by atoms with Gasteiger partial charge in [0.25, 0.3) is 0 Å². The van der Waals surface area contributed by atoms with Gasteiger partial charge in [-0.2, -0.15) is 4.98 Å². The van der Waals surface area contributed by atoms with Crippen molar-refractivity contribution in [1.82, 2.24) is 19.5 Å². The van der Waals surface area contributed by atoms with Crippen LogP contribution in [0.25, 0.3) is 11.2 Å². The maximum atomic E-state index is 5.81. The lowest BCUT2D eigenvalue weighted by Gasteiger charge is -2.04. The fraction of sp³-hybridized carbons (Fsp3) is 0.154. The molecule has 2 heterocycles. The largest absolute Gasteiger partial charge is 0.311 e. The van der Waals surface area contributed by atoms with Gasteiger partial charge in [0, 0.05) is 0 Å². The first-order valence-corrected chi connectivity index (χ1v) is 5.99. The predicted molar refractivity (Wildman–Crippen MR) is 70.6 cm³/mol. The molecular formula is C13H11ClN4. The number of hydrogen-bond acceptors (Lipinski definition) is 3. The van der Waals surface area contributed by atoms with Crippen molar-refractivity contribution in [2.24, 2.45) is 0 Å². The molecule has 2 aromatic heterocycles. The molecule has 0 saturated heterocycles. The third-order valence-electron chi connectivity index (χ3n) is 2.80. The fourth-order valence-electron chi connectivity index (χ4n) is 1.84. The summed E-state index contributed by atoms with van der Waals surface area (Å²) < 4.78 is 1.97. The van der Waals surface area contributed by atoms with Gasteiger partial charge in [0.05, 0.1) is 19.1 Å². The van der Waals surface area contributed by atoms with Crippen molar-refractivity contribution >= 4 is 22.8 Å². The molecule has 0 radical (unpaired) electrons. The molecule has 0 aliphatic rings. The molecule has 1 aromatic carbocycles. The van der Waals surface area contributed by atoms with Crippen LogP contribution in [0.5, 0.6) is 0 Å². The minimum atomic E-state index is 0.244. The number of aromatic nitrogens is 4. The standard InChI is InChI=1S/C13H11ClN4/c1-9-2-4-10(5-3-9)7-18-8-16-11-6-15-13(14)17-12(11)18/h2-6,8H,7H2,1H3. The quantitative estimate of drug-likeness (QED) is 0.664. The van der Waals surface area contributed by atoms with E-state index in [4.69, 9.17) is 11.6 Å². The number of hydrogen-bond donors (Lipinski definition) is 0. The topological polar surface area (TPSA) is 43.6 Å². The van der Waals surface area contributed by atoms with Crippen LogP contribution in [-0.4, -0.2) is 19.5 Å². The van der Waals surface area contributed by atoms with Crippen LogP contribution in [0.1, 0.15) is 11.1 Å². The van der Waals surface area contributed by atoms with Crippen LogP contribution < -0.4 is 0 Å². The molecule has 0 aliphatic carbocycles.